The molecule has 0 spiro atoms. The molecular weight excluding hydrogens is 380 g/mol. The number of nitrogens with one attached hydrogen (secondary N) is 3. The average Bonchev–Trinajstić information content (AvgIpc) is 2.62. The summed E-state index contributed by atoms with van der Waals surface area (Å²) in [6.07, 6.45) is 0. The molecule has 0 fully saturated rings. The Kier molecular flexibility index (Phi) is 16.4. The lowest BCUT2D eigenvalue weighted by Gasteiger charge is -2.31. The summed E-state index contributed by atoms with van der Waals surface area (Å²) in [6.45, 7) is 34.5. The van der Waals surface area contributed by atoms with E-state index in [4.69, 9.17) is 0 Å². The van der Waals surface area contributed by atoms with E-state index in [1.54, 1.807) is 0 Å². The minimum atomic E-state index is 0.593. The molecule has 4 nitrogen and oxygen atoms in total. The summed E-state index contributed by atoms with van der Waals surface area (Å²) >= 11 is 0. The van der Waals surface area contributed by atoms with Crippen LogP contribution < -0.4 is 16.0 Å². The lowest BCUT2D eigenvalue weighted by Crippen LogP contribution is -2.48. The van der Waals surface area contributed by atoms with E-state index in [1.165, 1.54) is 0 Å². The van der Waals surface area contributed by atoms with Gasteiger partial charge >= 0.3 is 0 Å². The molecule has 0 rings (SSSR count). The van der Waals surface area contributed by atoms with Crippen LogP contribution in [0.1, 0.15) is 83.1 Å². The van der Waals surface area contributed by atoms with E-state index >= 15 is 0 Å². The van der Waals surface area contributed by atoms with E-state index in [1.807, 2.05) is 0 Å². The van der Waals surface area contributed by atoms with Crippen LogP contribution in [0, 0.1) is 35.5 Å². The quantitative estimate of drug-likeness (QED) is 0.277. The summed E-state index contributed by atoms with van der Waals surface area (Å²) in [6, 6.07) is 1.78. The third-order valence-electron chi connectivity index (χ3n) is 6.73. The van der Waals surface area contributed by atoms with Gasteiger partial charge in [-0.3, -0.25) is 4.90 Å². The summed E-state index contributed by atoms with van der Waals surface area (Å²) < 4.78 is 0. The Morgan fingerprint density at radius 1 is 0.387 bits per heavy atom. The minimum Gasteiger partial charge on any atom is -0.312 e. The first-order valence-electron chi connectivity index (χ1n) is 13.3. The van der Waals surface area contributed by atoms with Crippen molar-refractivity contribution in [2.24, 2.45) is 35.5 Å². The maximum atomic E-state index is 3.84. The molecule has 0 amide bonds. The SMILES string of the molecule is CC(C)C(NCCN(CCNC(C(C)C)C(C)C)CCNC(C(C)C)C(C)C)C(C)C. The van der Waals surface area contributed by atoms with Gasteiger partial charge in [0, 0.05) is 57.4 Å². The minimum absolute atomic E-state index is 0.593. The van der Waals surface area contributed by atoms with Crippen molar-refractivity contribution in [2.45, 2.75) is 101 Å². The van der Waals surface area contributed by atoms with Gasteiger partial charge in [0.25, 0.3) is 0 Å². The molecule has 31 heavy (non-hydrogen) atoms. The molecule has 0 aliphatic heterocycles. The molecule has 0 atom stereocenters. The molecule has 3 N–H and O–H groups in total. The van der Waals surface area contributed by atoms with Gasteiger partial charge in [-0.2, -0.15) is 0 Å². The van der Waals surface area contributed by atoms with Crippen LogP contribution >= 0.6 is 0 Å². The Labute approximate surface area is 197 Å². The molecule has 0 aromatic heterocycles. The molecule has 4 heteroatoms. The van der Waals surface area contributed by atoms with Crippen molar-refractivity contribution in [3.05, 3.63) is 0 Å². The number of hydrogen-bond acceptors (Lipinski definition) is 4. The van der Waals surface area contributed by atoms with Crippen molar-refractivity contribution in [3.8, 4) is 0 Å². The second-order valence-corrected chi connectivity index (χ2v) is 11.7. The molecule has 0 saturated carbocycles. The van der Waals surface area contributed by atoms with Crippen LogP contribution in [-0.2, 0) is 0 Å². The molecule has 0 radical (unpaired) electrons. The van der Waals surface area contributed by atoms with Gasteiger partial charge in [0.15, 0.2) is 0 Å². The van der Waals surface area contributed by atoms with Gasteiger partial charge < -0.3 is 16.0 Å². The molecular formula is C27H60N4. The van der Waals surface area contributed by atoms with Gasteiger partial charge in [-0.25, -0.2) is 0 Å². The first kappa shape index (κ1) is 30.8. The van der Waals surface area contributed by atoms with Gasteiger partial charge in [0.05, 0.1) is 0 Å². The van der Waals surface area contributed by atoms with E-state index in [0.29, 0.717) is 53.6 Å². The second kappa shape index (κ2) is 16.5. The lowest BCUT2D eigenvalue weighted by molar-refractivity contribution is 0.224. The van der Waals surface area contributed by atoms with Crippen molar-refractivity contribution in [3.63, 3.8) is 0 Å². The van der Waals surface area contributed by atoms with Crippen molar-refractivity contribution in [1.82, 2.24) is 20.9 Å². The molecule has 0 heterocycles. The molecule has 0 saturated heterocycles. The highest BCUT2D eigenvalue weighted by Crippen LogP contribution is 2.13. The first-order chi connectivity index (χ1) is 14.4. The van der Waals surface area contributed by atoms with Gasteiger partial charge in [-0.1, -0.05) is 83.1 Å². The summed E-state index contributed by atoms with van der Waals surface area (Å²) in [5, 5.41) is 11.5. The molecule has 0 unspecified atom stereocenters. The largest absolute Gasteiger partial charge is 0.312 e. The maximum Gasteiger partial charge on any atom is 0.0114 e. The third kappa shape index (κ3) is 13.2. The smallest absolute Gasteiger partial charge is 0.0114 e. The normalized spacial score (nSPS) is 13.4. The number of rotatable bonds is 18. The van der Waals surface area contributed by atoms with Crippen LogP contribution in [0.4, 0.5) is 0 Å². The third-order valence-corrected chi connectivity index (χ3v) is 6.73. The second-order valence-electron chi connectivity index (χ2n) is 11.7. The van der Waals surface area contributed by atoms with Crippen molar-refractivity contribution in [2.75, 3.05) is 39.3 Å². The Bertz CT molecular complexity index is 332. The fourth-order valence-corrected chi connectivity index (χ4v) is 5.23. The average molecular weight is 441 g/mol. The molecule has 0 bridgehead atoms. The van der Waals surface area contributed by atoms with E-state index in [2.05, 4.69) is 104 Å². The van der Waals surface area contributed by atoms with E-state index in [9.17, 15) is 0 Å². The first-order valence-corrected chi connectivity index (χ1v) is 13.3. The summed E-state index contributed by atoms with van der Waals surface area (Å²) in [7, 11) is 0. The van der Waals surface area contributed by atoms with Crippen LogP contribution in [0.15, 0.2) is 0 Å². The standard InChI is InChI=1S/C27H60N4/c1-19(2)25(20(3)4)28-13-16-31(17-14-29-26(21(5)6)22(7)8)18-15-30-27(23(9)10)24(11)12/h19-30H,13-18H2,1-12H3. The highest BCUT2D eigenvalue weighted by Gasteiger charge is 2.20. The van der Waals surface area contributed by atoms with Gasteiger partial charge in [-0.05, 0) is 35.5 Å². The number of nitrogens with zero attached hydrogens (tertiary/aromatic N) is 1. The van der Waals surface area contributed by atoms with Gasteiger partial charge in [0.1, 0.15) is 0 Å². The zero-order valence-corrected chi connectivity index (χ0v) is 23.4. The summed E-state index contributed by atoms with van der Waals surface area (Å²) in [4.78, 5) is 2.64. The van der Waals surface area contributed by atoms with Crippen LogP contribution in [0.25, 0.3) is 0 Å². The highest BCUT2D eigenvalue weighted by atomic mass is 15.2. The van der Waals surface area contributed by atoms with E-state index in [-0.39, 0.29) is 0 Å². The molecule has 0 aliphatic carbocycles. The Morgan fingerprint density at radius 3 is 0.742 bits per heavy atom. The van der Waals surface area contributed by atoms with Gasteiger partial charge in [-0.15, -0.1) is 0 Å². The van der Waals surface area contributed by atoms with E-state index < -0.39 is 0 Å². The molecule has 0 aromatic carbocycles. The van der Waals surface area contributed by atoms with Crippen LogP contribution in [0.5, 0.6) is 0 Å². The highest BCUT2D eigenvalue weighted by molar-refractivity contribution is 4.78. The zero-order chi connectivity index (χ0) is 24.1. The van der Waals surface area contributed by atoms with Crippen LogP contribution in [0.2, 0.25) is 0 Å². The fourth-order valence-electron chi connectivity index (χ4n) is 5.23. The monoisotopic (exact) mass is 440 g/mol. The Morgan fingerprint density at radius 2 is 0.581 bits per heavy atom. The fraction of sp³-hybridized carbons (Fsp3) is 1.00. The van der Waals surface area contributed by atoms with Crippen LogP contribution in [0.3, 0.4) is 0 Å². The predicted molar refractivity (Wildman–Crippen MR) is 141 cm³/mol. The molecule has 0 aliphatic rings. The van der Waals surface area contributed by atoms with Crippen molar-refractivity contribution < 1.29 is 0 Å². The zero-order valence-electron chi connectivity index (χ0n) is 23.4. The van der Waals surface area contributed by atoms with Crippen molar-refractivity contribution >= 4 is 0 Å². The van der Waals surface area contributed by atoms with Crippen LogP contribution in [-0.4, -0.2) is 62.3 Å². The number of hydrogen-bond donors (Lipinski definition) is 3. The van der Waals surface area contributed by atoms with Gasteiger partial charge in [0.2, 0.25) is 0 Å². The van der Waals surface area contributed by atoms with E-state index in [0.717, 1.165) is 39.3 Å². The topological polar surface area (TPSA) is 39.3 Å². The Balaban J connectivity index is 4.80. The summed E-state index contributed by atoms with van der Waals surface area (Å²) in [5.41, 5.74) is 0. The van der Waals surface area contributed by atoms with Crippen molar-refractivity contribution in [1.29, 1.82) is 0 Å². The molecule has 0 aromatic rings. The lowest BCUT2D eigenvalue weighted by atomic mass is 9.93. The maximum absolute atomic E-state index is 3.84. The summed E-state index contributed by atoms with van der Waals surface area (Å²) in [5.74, 6) is 4.04. The Hall–Kier alpha value is -0.160. The predicted octanol–water partition coefficient (Wildman–Crippen LogP) is 5.10. The molecule has 188 valence electrons.